The second-order valence-electron chi connectivity index (χ2n) is 4.94. The number of anilines is 1. The zero-order valence-electron chi connectivity index (χ0n) is 11.8. The third-order valence-corrected chi connectivity index (χ3v) is 4.07. The first kappa shape index (κ1) is 14.8. The Kier molecular flexibility index (Phi) is 4.01. The molecule has 0 aliphatic heterocycles. The Morgan fingerprint density at radius 3 is 2.70 bits per heavy atom. The molecule has 1 heterocycles. The highest BCUT2D eigenvalue weighted by Gasteiger charge is 2.17. The summed E-state index contributed by atoms with van der Waals surface area (Å²) in [5.74, 6) is 0.295. The van der Waals surface area contributed by atoms with Crippen molar-refractivity contribution in [2.45, 2.75) is 31.4 Å². The van der Waals surface area contributed by atoms with Crippen LogP contribution in [0.15, 0.2) is 23.1 Å². The summed E-state index contributed by atoms with van der Waals surface area (Å²) in [7, 11) is -3.33. The number of aromatic nitrogens is 2. The maximum atomic E-state index is 11.8. The first-order valence-electron chi connectivity index (χ1n) is 6.37. The molecule has 110 valence electrons. The zero-order valence-corrected chi connectivity index (χ0v) is 12.6. The first-order chi connectivity index (χ1) is 9.30. The smallest absolute Gasteiger partial charge is 0.201 e. The number of ether oxygens (including phenoxy) is 1. The zero-order chi connectivity index (χ0) is 14.9. The normalized spacial score (nSPS) is 12.4. The molecule has 7 heteroatoms. The molecule has 0 saturated carbocycles. The third-order valence-electron chi connectivity index (χ3n) is 2.94. The van der Waals surface area contributed by atoms with Gasteiger partial charge in [0.05, 0.1) is 23.1 Å². The van der Waals surface area contributed by atoms with E-state index in [-0.39, 0.29) is 11.0 Å². The summed E-state index contributed by atoms with van der Waals surface area (Å²) >= 11 is 0. The first-order valence-corrected chi connectivity index (χ1v) is 8.26. The van der Waals surface area contributed by atoms with Crippen LogP contribution in [0, 0.1) is 0 Å². The van der Waals surface area contributed by atoms with Crippen molar-refractivity contribution in [1.82, 2.24) is 9.55 Å². The van der Waals surface area contributed by atoms with Gasteiger partial charge in [-0.3, -0.25) is 0 Å². The predicted octanol–water partition coefficient (Wildman–Crippen LogP) is 1.45. The highest BCUT2D eigenvalue weighted by Crippen LogP contribution is 2.24. The van der Waals surface area contributed by atoms with Gasteiger partial charge in [0.25, 0.3) is 0 Å². The minimum Gasteiger partial charge on any atom is -0.377 e. The van der Waals surface area contributed by atoms with Crippen LogP contribution in [0.25, 0.3) is 11.0 Å². The van der Waals surface area contributed by atoms with E-state index >= 15 is 0 Å². The van der Waals surface area contributed by atoms with Crippen LogP contribution in [0.5, 0.6) is 0 Å². The molecule has 0 amide bonds. The molecule has 20 heavy (non-hydrogen) atoms. The number of fused-ring (bicyclic) bond motifs is 1. The number of nitrogens with zero attached hydrogens (tertiary/aromatic N) is 2. The molecule has 2 rings (SSSR count). The van der Waals surface area contributed by atoms with E-state index in [0.29, 0.717) is 30.1 Å². The maximum Gasteiger partial charge on any atom is 0.201 e. The van der Waals surface area contributed by atoms with Gasteiger partial charge in [-0.2, -0.15) is 0 Å². The van der Waals surface area contributed by atoms with Gasteiger partial charge in [-0.25, -0.2) is 13.4 Å². The molecule has 0 spiro atoms. The van der Waals surface area contributed by atoms with E-state index in [4.69, 9.17) is 10.5 Å². The number of nitrogen functional groups attached to an aromatic ring is 1. The Morgan fingerprint density at radius 2 is 2.10 bits per heavy atom. The highest BCUT2D eigenvalue weighted by atomic mass is 32.2. The number of para-hydroxylation sites is 1. The summed E-state index contributed by atoms with van der Waals surface area (Å²) in [6, 6.07) is 5.04. The number of rotatable bonds is 5. The van der Waals surface area contributed by atoms with E-state index in [1.54, 1.807) is 16.7 Å². The lowest BCUT2D eigenvalue weighted by Crippen LogP contribution is -2.12. The topological polar surface area (TPSA) is 87.2 Å². The van der Waals surface area contributed by atoms with E-state index in [1.807, 2.05) is 19.9 Å². The van der Waals surface area contributed by atoms with Crippen molar-refractivity contribution in [1.29, 1.82) is 0 Å². The minimum atomic E-state index is -3.33. The summed E-state index contributed by atoms with van der Waals surface area (Å²) in [5.41, 5.74) is 7.00. The quantitative estimate of drug-likeness (QED) is 0.902. The van der Waals surface area contributed by atoms with Crippen LogP contribution >= 0.6 is 0 Å². The second kappa shape index (κ2) is 5.41. The lowest BCUT2D eigenvalue weighted by atomic mass is 10.3. The molecule has 0 bridgehead atoms. The van der Waals surface area contributed by atoms with Gasteiger partial charge in [-0.05, 0) is 26.0 Å². The number of nitrogens with two attached hydrogens (primary N) is 1. The number of hydrogen-bond acceptors (Lipinski definition) is 5. The molecule has 2 aromatic rings. The van der Waals surface area contributed by atoms with Crippen LogP contribution in [-0.4, -0.2) is 36.9 Å². The molecule has 1 aromatic heterocycles. The van der Waals surface area contributed by atoms with E-state index < -0.39 is 9.84 Å². The summed E-state index contributed by atoms with van der Waals surface area (Å²) in [6.07, 6.45) is 1.30. The van der Waals surface area contributed by atoms with Crippen LogP contribution < -0.4 is 5.73 Å². The second-order valence-corrected chi connectivity index (χ2v) is 6.92. The molecule has 0 unspecified atom stereocenters. The van der Waals surface area contributed by atoms with Crippen molar-refractivity contribution in [3.63, 3.8) is 0 Å². The number of imidazole rings is 1. The van der Waals surface area contributed by atoms with E-state index in [1.165, 1.54) is 6.26 Å². The fraction of sp³-hybridized carbons (Fsp3) is 0.462. The Balaban J connectivity index is 2.45. The van der Waals surface area contributed by atoms with Crippen molar-refractivity contribution in [2.24, 2.45) is 0 Å². The van der Waals surface area contributed by atoms with Crippen LogP contribution in [0.3, 0.4) is 0 Å². The van der Waals surface area contributed by atoms with Crippen molar-refractivity contribution in [2.75, 3.05) is 18.6 Å². The molecule has 0 fully saturated rings. The molecular weight excluding hydrogens is 278 g/mol. The Labute approximate surface area is 118 Å². The van der Waals surface area contributed by atoms with E-state index in [9.17, 15) is 8.42 Å². The fourth-order valence-corrected chi connectivity index (χ4v) is 2.88. The molecule has 1 aromatic carbocycles. The lowest BCUT2D eigenvalue weighted by Gasteiger charge is -2.10. The average molecular weight is 297 g/mol. The highest BCUT2D eigenvalue weighted by molar-refractivity contribution is 7.91. The molecule has 0 aliphatic rings. The van der Waals surface area contributed by atoms with Crippen molar-refractivity contribution in [3.05, 3.63) is 18.2 Å². The van der Waals surface area contributed by atoms with E-state index in [2.05, 4.69) is 4.98 Å². The molecular formula is C13H19N3O3S. The van der Waals surface area contributed by atoms with Gasteiger partial charge >= 0.3 is 0 Å². The monoisotopic (exact) mass is 297 g/mol. The summed E-state index contributed by atoms with van der Waals surface area (Å²) < 4.78 is 30.8. The molecule has 0 radical (unpaired) electrons. The summed E-state index contributed by atoms with van der Waals surface area (Å²) in [6.45, 7) is 4.94. The fourth-order valence-electron chi connectivity index (χ4n) is 2.05. The van der Waals surface area contributed by atoms with Gasteiger partial charge in [0.15, 0.2) is 9.84 Å². The molecule has 0 saturated heterocycles. The van der Waals surface area contributed by atoms with Crippen molar-refractivity contribution in [3.8, 4) is 0 Å². The van der Waals surface area contributed by atoms with Gasteiger partial charge in [0, 0.05) is 12.8 Å². The van der Waals surface area contributed by atoms with Gasteiger partial charge in [0.1, 0.15) is 5.52 Å². The van der Waals surface area contributed by atoms with Gasteiger partial charge < -0.3 is 15.0 Å². The largest absolute Gasteiger partial charge is 0.377 e. The Bertz CT molecular complexity index is 720. The van der Waals surface area contributed by atoms with Crippen molar-refractivity contribution < 1.29 is 13.2 Å². The maximum absolute atomic E-state index is 11.8. The SMILES string of the molecule is CC(C)OCCn1c(N)nc2c(S(C)(=O)=O)cccc21. The van der Waals surface area contributed by atoms with E-state index in [0.717, 1.165) is 0 Å². The number of hydrogen-bond donors (Lipinski definition) is 1. The molecule has 6 nitrogen and oxygen atoms in total. The summed E-state index contributed by atoms with van der Waals surface area (Å²) in [5, 5.41) is 0. The minimum absolute atomic E-state index is 0.137. The van der Waals surface area contributed by atoms with Crippen LogP contribution in [-0.2, 0) is 21.1 Å². The van der Waals surface area contributed by atoms with Crippen LogP contribution in [0.2, 0.25) is 0 Å². The van der Waals surface area contributed by atoms with Gasteiger partial charge in [-0.1, -0.05) is 6.07 Å². The van der Waals surface area contributed by atoms with Gasteiger partial charge in [-0.15, -0.1) is 0 Å². The summed E-state index contributed by atoms with van der Waals surface area (Å²) in [4.78, 5) is 4.38. The van der Waals surface area contributed by atoms with Crippen LogP contribution in [0.4, 0.5) is 5.95 Å². The average Bonchev–Trinajstić information content (AvgIpc) is 2.64. The standard InChI is InChI=1S/C13H19N3O3S/c1-9(2)19-8-7-16-10-5-4-6-11(20(3,17)18)12(10)15-13(16)14/h4-6,9H,7-8H2,1-3H3,(H2,14,15). The molecule has 2 N–H and O–H groups in total. The Morgan fingerprint density at radius 1 is 1.40 bits per heavy atom. The molecule has 0 aliphatic carbocycles. The number of benzene rings is 1. The Hall–Kier alpha value is -1.60. The predicted molar refractivity (Wildman–Crippen MR) is 78.3 cm³/mol. The van der Waals surface area contributed by atoms with Crippen LogP contribution in [0.1, 0.15) is 13.8 Å². The lowest BCUT2D eigenvalue weighted by molar-refractivity contribution is 0.0735. The van der Waals surface area contributed by atoms with Gasteiger partial charge in [0.2, 0.25) is 5.95 Å². The third kappa shape index (κ3) is 2.94. The molecule has 0 atom stereocenters. The van der Waals surface area contributed by atoms with Crippen molar-refractivity contribution >= 4 is 26.8 Å². The number of sulfone groups is 1.